The molecule has 0 saturated heterocycles. The van der Waals surface area contributed by atoms with E-state index >= 15 is 0 Å². The van der Waals surface area contributed by atoms with Crippen LogP contribution in [-0.2, 0) is 11.2 Å². The van der Waals surface area contributed by atoms with Crippen molar-refractivity contribution < 1.29 is 9.59 Å². The van der Waals surface area contributed by atoms with Gasteiger partial charge in [0.15, 0.2) is 0 Å². The highest BCUT2D eigenvalue weighted by molar-refractivity contribution is 7.10. The standard InChI is InChI=1S/C23H24N4O2S/c24-19(14-22(28)27-20-2-1-3-21-18(20)10-13-30-21)15-4-6-16(7-5-15)23(29)26-17-8-11-25-12-9-17/h4-13,19-20H,1-3,14,24H2,(H,27,28)(H,25,26,29). The molecule has 2 atom stereocenters. The Kier molecular flexibility index (Phi) is 6.21. The number of nitrogens with one attached hydrogen (secondary N) is 2. The summed E-state index contributed by atoms with van der Waals surface area (Å²) in [6, 6.07) is 12.3. The predicted octanol–water partition coefficient (Wildman–Crippen LogP) is 3.98. The number of anilines is 1. The number of aromatic nitrogens is 1. The first kappa shape index (κ1) is 20.3. The van der Waals surface area contributed by atoms with Gasteiger partial charge in [-0.15, -0.1) is 11.3 Å². The van der Waals surface area contributed by atoms with Crippen molar-refractivity contribution in [2.45, 2.75) is 37.8 Å². The van der Waals surface area contributed by atoms with Crippen LogP contribution in [0.2, 0.25) is 0 Å². The van der Waals surface area contributed by atoms with Gasteiger partial charge in [-0.3, -0.25) is 14.6 Å². The van der Waals surface area contributed by atoms with Crippen molar-refractivity contribution >= 4 is 28.8 Å². The number of thiophene rings is 1. The van der Waals surface area contributed by atoms with Crippen molar-refractivity contribution in [2.75, 3.05) is 5.32 Å². The van der Waals surface area contributed by atoms with Crippen LogP contribution in [0.4, 0.5) is 5.69 Å². The third-order valence-electron chi connectivity index (χ3n) is 5.33. The molecule has 7 heteroatoms. The largest absolute Gasteiger partial charge is 0.349 e. The maximum absolute atomic E-state index is 12.5. The second kappa shape index (κ2) is 9.19. The highest BCUT2D eigenvalue weighted by Crippen LogP contribution is 2.33. The van der Waals surface area contributed by atoms with Crippen LogP contribution >= 0.6 is 11.3 Å². The average Bonchev–Trinajstić information content (AvgIpc) is 3.24. The topological polar surface area (TPSA) is 97.1 Å². The normalized spacial score (nSPS) is 16.4. The number of pyridine rings is 1. The number of carbonyl (C=O) groups excluding carboxylic acids is 2. The molecule has 4 rings (SSSR count). The number of amides is 2. The second-order valence-corrected chi connectivity index (χ2v) is 8.43. The molecule has 2 aromatic heterocycles. The molecule has 1 aliphatic rings. The first-order chi connectivity index (χ1) is 14.6. The molecular formula is C23H24N4O2S. The van der Waals surface area contributed by atoms with Crippen LogP contribution in [0, 0.1) is 0 Å². The number of nitrogens with zero attached hydrogens (tertiary/aromatic N) is 1. The summed E-state index contributed by atoms with van der Waals surface area (Å²) in [6.07, 6.45) is 6.60. The maximum Gasteiger partial charge on any atom is 0.255 e. The van der Waals surface area contributed by atoms with E-state index in [0.29, 0.717) is 11.3 Å². The fourth-order valence-electron chi connectivity index (χ4n) is 3.73. The third-order valence-corrected chi connectivity index (χ3v) is 6.33. The first-order valence-electron chi connectivity index (χ1n) is 10.0. The number of carbonyl (C=O) groups is 2. The van der Waals surface area contributed by atoms with Crippen molar-refractivity contribution in [2.24, 2.45) is 5.73 Å². The molecule has 3 aromatic rings. The Morgan fingerprint density at radius 2 is 1.90 bits per heavy atom. The SMILES string of the molecule is NC(CC(=O)NC1CCCc2sccc21)c1ccc(C(=O)Nc2ccncc2)cc1. The molecule has 4 N–H and O–H groups in total. The molecule has 2 heterocycles. The maximum atomic E-state index is 12.5. The highest BCUT2D eigenvalue weighted by Gasteiger charge is 2.23. The summed E-state index contributed by atoms with van der Waals surface area (Å²) in [5, 5.41) is 8.04. The number of hydrogen-bond acceptors (Lipinski definition) is 5. The molecule has 0 radical (unpaired) electrons. The van der Waals surface area contributed by atoms with E-state index in [2.05, 4.69) is 27.1 Å². The van der Waals surface area contributed by atoms with E-state index in [1.165, 1.54) is 10.4 Å². The van der Waals surface area contributed by atoms with Gasteiger partial charge < -0.3 is 16.4 Å². The van der Waals surface area contributed by atoms with Crippen molar-refractivity contribution in [1.82, 2.24) is 10.3 Å². The fraction of sp³-hybridized carbons (Fsp3) is 0.261. The molecule has 2 amide bonds. The zero-order valence-electron chi connectivity index (χ0n) is 16.5. The van der Waals surface area contributed by atoms with E-state index in [1.807, 2.05) is 0 Å². The van der Waals surface area contributed by atoms with Crippen LogP contribution in [0.15, 0.2) is 60.2 Å². The van der Waals surface area contributed by atoms with E-state index < -0.39 is 6.04 Å². The first-order valence-corrected chi connectivity index (χ1v) is 10.9. The van der Waals surface area contributed by atoms with Gasteiger partial charge in [0.25, 0.3) is 5.91 Å². The molecule has 30 heavy (non-hydrogen) atoms. The summed E-state index contributed by atoms with van der Waals surface area (Å²) >= 11 is 1.76. The van der Waals surface area contributed by atoms with Gasteiger partial charge in [-0.2, -0.15) is 0 Å². The minimum atomic E-state index is -0.423. The van der Waals surface area contributed by atoms with Crippen LogP contribution < -0.4 is 16.4 Å². The predicted molar refractivity (Wildman–Crippen MR) is 118 cm³/mol. The van der Waals surface area contributed by atoms with E-state index in [4.69, 9.17) is 5.73 Å². The lowest BCUT2D eigenvalue weighted by Crippen LogP contribution is -2.32. The van der Waals surface area contributed by atoms with Crippen LogP contribution in [-0.4, -0.2) is 16.8 Å². The van der Waals surface area contributed by atoms with E-state index in [9.17, 15) is 9.59 Å². The summed E-state index contributed by atoms with van der Waals surface area (Å²) in [4.78, 5) is 30.2. The Bertz CT molecular complexity index is 1020. The van der Waals surface area contributed by atoms with E-state index in [1.54, 1.807) is 60.1 Å². The van der Waals surface area contributed by atoms with Crippen LogP contribution in [0.25, 0.3) is 0 Å². The second-order valence-electron chi connectivity index (χ2n) is 7.43. The zero-order chi connectivity index (χ0) is 20.9. The quantitative estimate of drug-likeness (QED) is 0.562. The molecule has 0 aliphatic heterocycles. The van der Waals surface area contributed by atoms with Crippen LogP contribution in [0.5, 0.6) is 0 Å². The Hall–Kier alpha value is -3.03. The van der Waals surface area contributed by atoms with Gasteiger partial charge in [-0.1, -0.05) is 12.1 Å². The molecule has 0 fully saturated rings. The zero-order valence-corrected chi connectivity index (χ0v) is 17.3. The number of aryl methyl sites for hydroxylation is 1. The van der Waals surface area contributed by atoms with Gasteiger partial charge in [-0.25, -0.2) is 0 Å². The molecule has 154 valence electrons. The minimum absolute atomic E-state index is 0.0499. The van der Waals surface area contributed by atoms with Gasteiger partial charge in [0.2, 0.25) is 5.91 Å². The number of fused-ring (bicyclic) bond motifs is 1. The Labute approximate surface area is 179 Å². The smallest absolute Gasteiger partial charge is 0.255 e. The van der Waals surface area contributed by atoms with Crippen molar-refractivity contribution in [3.8, 4) is 0 Å². The number of hydrogen-bond donors (Lipinski definition) is 3. The molecular weight excluding hydrogens is 396 g/mol. The van der Waals surface area contributed by atoms with Crippen molar-refractivity contribution in [3.05, 3.63) is 81.8 Å². The van der Waals surface area contributed by atoms with Crippen LogP contribution in [0.1, 0.15) is 57.7 Å². The van der Waals surface area contributed by atoms with Gasteiger partial charge >= 0.3 is 0 Å². The molecule has 1 aromatic carbocycles. The van der Waals surface area contributed by atoms with Gasteiger partial charge in [0.1, 0.15) is 0 Å². The van der Waals surface area contributed by atoms with Crippen molar-refractivity contribution in [3.63, 3.8) is 0 Å². The van der Waals surface area contributed by atoms with Gasteiger partial charge in [0, 0.05) is 41.0 Å². The lowest BCUT2D eigenvalue weighted by Gasteiger charge is -2.24. The number of benzene rings is 1. The molecule has 0 spiro atoms. The van der Waals surface area contributed by atoms with Crippen molar-refractivity contribution in [1.29, 1.82) is 0 Å². The van der Waals surface area contributed by atoms with Crippen LogP contribution in [0.3, 0.4) is 0 Å². The lowest BCUT2D eigenvalue weighted by molar-refractivity contribution is -0.122. The molecule has 0 bridgehead atoms. The van der Waals surface area contributed by atoms with Gasteiger partial charge in [0.05, 0.1) is 6.04 Å². The van der Waals surface area contributed by atoms with E-state index in [0.717, 1.165) is 24.8 Å². The summed E-state index contributed by atoms with van der Waals surface area (Å²) in [5.41, 5.74) is 9.54. The lowest BCUT2D eigenvalue weighted by atomic mass is 9.93. The fourth-order valence-corrected chi connectivity index (χ4v) is 4.71. The molecule has 1 aliphatic carbocycles. The summed E-state index contributed by atoms with van der Waals surface area (Å²) in [7, 11) is 0. The Morgan fingerprint density at radius 1 is 1.13 bits per heavy atom. The van der Waals surface area contributed by atoms with E-state index in [-0.39, 0.29) is 24.3 Å². The average molecular weight is 421 g/mol. The molecule has 2 unspecified atom stereocenters. The number of nitrogens with two attached hydrogens (primary N) is 1. The summed E-state index contributed by atoms with van der Waals surface area (Å²) in [6.45, 7) is 0. The number of rotatable bonds is 6. The highest BCUT2D eigenvalue weighted by atomic mass is 32.1. The third kappa shape index (κ3) is 4.75. The molecule has 0 saturated carbocycles. The summed E-state index contributed by atoms with van der Waals surface area (Å²) < 4.78 is 0. The minimum Gasteiger partial charge on any atom is -0.349 e. The van der Waals surface area contributed by atoms with Gasteiger partial charge in [-0.05, 0) is 66.1 Å². The summed E-state index contributed by atoms with van der Waals surface area (Å²) in [5.74, 6) is -0.256. The monoisotopic (exact) mass is 420 g/mol. The molecule has 6 nitrogen and oxygen atoms in total. The Balaban J connectivity index is 1.33. The Morgan fingerprint density at radius 3 is 2.67 bits per heavy atom.